The van der Waals surface area contributed by atoms with Crippen molar-refractivity contribution >= 4 is 18.0 Å². The Morgan fingerprint density at radius 2 is 1.77 bits per heavy atom. The van der Waals surface area contributed by atoms with Crippen LogP contribution in [0.2, 0.25) is 0 Å². The van der Waals surface area contributed by atoms with E-state index in [9.17, 15) is 32.3 Å². The highest BCUT2D eigenvalue weighted by molar-refractivity contribution is 6.03. The van der Waals surface area contributed by atoms with Gasteiger partial charge in [-0.3, -0.25) is 9.78 Å². The van der Waals surface area contributed by atoms with E-state index in [0.717, 1.165) is 23.2 Å². The molecule has 0 spiro atoms. The summed E-state index contributed by atoms with van der Waals surface area (Å²) in [7, 11) is 0. The van der Waals surface area contributed by atoms with Crippen molar-refractivity contribution in [2.45, 2.75) is 45.2 Å². The number of nitrogens with zero attached hydrogens (tertiary/aromatic N) is 4. The van der Waals surface area contributed by atoms with Gasteiger partial charge in [0, 0.05) is 30.3 Å². The number of pyridine rings is 1. The molecular formula is C28H26F4N4O3. The van der Waals surface area contributed by atoms with E-state index in [1.54, 1.807) is 22.9 Å². The molecule has 0 radical (unpaired) electrons. The van der Waals surface area contributed by atoms with Gasteiger partial charge >= 0.3 is 12.3 Å². The molecule has 5 rings (SSSR count). The molecule has 1 atom stereocenters. The van der Waals surface area contributed by atoms with E-state index in [0.29, 0.717) is 28.2 Å². The summed E-state index contributed by atoms with van der Waals surface area (Å²) < 4.78 is 55.7. The minimum absolute atomic E-state index is 0.0303. The third-order valence-corrected chi connectivity index (χ3v) is 7.35. The number of amides is 1. The number of likely N-dealkylation sites (tertiary alicyclic amines) is 1. The van der Waals surface area contributed by atoms with Gasteiger partial charge in [0.25, 0.3) is 0 Å². The van der Waals surface area contributed by atoms with Crippen LogP contribution in [0.5, 0.6) is 0 Å². The minimum Gasteiger partial charge on any atom is -0.465 e. The van der Waals surface area contributed by atoms with Crippen molar-refractivity contribution in [1.82, 2.24) is 19.7 Å². The Balaban J connectivity index is 1.71. The number of hydrogen-bond donors (Lipinski definition) is 1. The van der Waals surface area contributed by atoms with E-state index >= 15 is 0 Å². The van der Waals surface area contributed by atoms with Gasteiger partial charge < -0.3 is 10.0 Å². The minimum atomic E-state index is -4.68. The Kier molecular flexibility index (Phi) is 6.15. The summed E-state index contributed by atoms with van der Waals surface area (Å²) in [6.07, 6.45) is -2.94. The summed E-state index contributed by atoms with van der Waals surface area (Å²) >= 11 is 0. The molecular weight excluding hydrogens is 516 g/mol. The van der Waals surface area contributed by atoms with Crippen molar-refractivity contribution in [1.29, 1.82) is 0 Å². The summed E-state index contributed by atoms with van der Waals surface area (Å²) in [5.74, 6) is -1.08. The number of alkyl halides is 3. The molecule has 1 aromatic carbocycles. The van der Waals surface area contributed by atoms with E-state index < -0.39 is 40.3 Å². The van der Waals surface area contributed by atoms with Crippen LogP contribution >= 0.6 is 0 Å². The third-order valence-electron chi connectivity index (χ3n) is 7.35. The monoisotopic (exact) mass is 542 g/mol. The van der Waals surface area contributed by atoms with Gasteiger partial charge in [-0.2, -0.15) is 18.3 Å². The SMILES string of the molecule is CC(C)(C)c1nn(-c2ccc(F)cc2)c2c1CC1(C(=O)c3cc(C(F)(F)F)ccn3)CN(C(=O)O)CCC1=C2. The molecule has 11 heteroatoms. The number of carbonyl (C=O) groups excluding carboxylic acids is 1. The van der Waals surface area contributed by atoms with E-state index in [-0.39, 0.29) is 31.6 Å². The summed E-state index contributed by atoms with van der Waals surface area (Å²) in [5, 5.41) is 14.6. The molecule has 1 N–H and O–H groups in total. The highest BCUT2D eigenvalue weighted by Crippen LogP contribution is 2.48. The maximum Gasteiger partial charge on any atom is 0.416 e. The van der Waals surface area contributed by atoms with Gasteiger partial charge in [-0.15, -0.1) is 0 Å². The molecule has 1 saturated heterocycles. The summed E-state index contributed by atoms with van der Waals surface area (Å²) in [5.41, 5.74) is -0.151. The Labute approximate surface area is 221 Å². The molecule has 1 amide bonds. The van der Waals surface area contributed by atoms with Crippen LogP contribution in [0.4, 0.5) is 22.4 Å². The number of piperidine rings is 1. The van der Waals surface area contributed by atoms with Crippen LogP contribution in [0, 0.1) is 11.2 Å². The molecule has 1 aliphatic heterocycles. The molecule has 2 aromatic heterocycles. The average molecular weight is 543 g/mol. The van der Waals surface area contributed by atoms with Gasteiger partial charge in [0.2, 0.25) is 0 Å². The first-order valence-corrected chi connectivity index (χ1v) is 12.4. The standard InChI is InChI=1S/C28H26F4N4O3/c1-26(2,3)23-20-14-27(24(37)21-12-17(8-10-33-21)28(30,31)32)15-35(25(38)39)11-9-16(27)13-22(20)36(34-23)19-6-4-18(29)5-7-19/h4-8,10,12-13H,9,11,14-15H2,1-3H3,(H,38,39). The molecule has 204 valence electrons. The zero-order chi connectivity index (χ0) is 28.3. The van der Waals surface area contributed by atoms with E-state index in [4.69, 9.17) is 5.10 Å². The van der Waals surface area contributed by atoms with Crippen molar-refractivity contribution in [3.8, 4) is 5.69 Å². The van der Waals surface area contributed by atoms with Crippen LogP contribution in [0.25, 0.3) is 11.8 Å². The summed E-state index contributed by atoms with van der Waals surface area (Å²) in [4.78, 5) is 31.2. The van der Waals surface area contributed by atoms with E-state index in [1.165, 1.54) is 12.1 Å². The van der Waals surface area contributed by atoms with Crippen LogP contribution in [0.1, 0.15) is 60.2 Å². The first kappa shape index (κ1) is 26.6. The maximum absolute atomic E-state index is 14.1. The molecule has 1 unspecified atom stereocenters. The zero-order valence-corrected chi connectivity index (χ0v) is 21.5. The number of aromatic nitrogens is 3. The molecule has 1 fully saturated rings. The van der Waals surface area contributed by atoms with Crippen LogP contribution in [0.3, 0.4) is 0 Å². The predicted molar refractivity (Wildman–Crippen MR) is 134 cm³/mol. The molecule has 0 bridgehead atoms. The second kappa shape index (κ2) is 9.03. The first-order chi connectivity index (χ1) is 18.2. The van der Waals surface area contributed by atoms with Crippen molar-refractivity contribution in [2.75, 3.05) is 13.1 Å². The van der Waals surface area contributed by atoms with Gasteiger partial charge in [0.1, 0.15) is 11.5 Å². The fourth-order valence-electron chi connectivity index (χ4n) is 5.45. The molecule has 1 aliphatic carbocycles. The lowest BCUT2D eigenvalue weighted by molar-refractivity contribution is -0.137. The Hall–Kier alpha value is -4.02. The van der Waals surface area contributed by atoms with Crippen molar-refractivity contribution in [2.24, 2.45) is 5.41 Å². The number of carboxylic acid groups (broad SMARTS) is 1. The van der Waals surface area contributed by atoms with Crippen LogP contribution in [0.15, 0.2) is 48.2 Å². The lowest BCUT2D eigenvalue weighted by atomic mass is 9.64. The second-order valence-corrected chi connectivity index (χ2v) is 11.0. The topological polar surface area (TPSA) is 88.3 Å². The molecule has 3 heterocycles. The van der Waals surface area contributed by atoms with Crippen LogP contribution in [-0.2, 0) is 18.0 Å². The molecule has 2 aliphatic rings. The van der Waals surface area contributed by atoms with Gasteiger partial charge in [0.15, 0.2) is 5.78 Å². The quantitative estimate of drug-likeness (QED) is 0.328. The van der Waals surface area contributed by atoms with Crippen LogP contribution in [-0.4, -0.2) is 49.7 Å². The predicted octanol–water partition coefficient (Wildman–Crippen LogP) is 5.92. The smallest absolute Gasteiger partial charge is 0.416 e. The third kappa shape index (κ3) is 4.59. The number of Topliss-reactive ketones (excluding diaryl/α,β-unsaturated/α-hetero) is 1. The van der Waals surface area contributed by atoms with Crippen molar-refractivity contribution in [3.05, 3.63) is 82.2 Å². The lowest BCUT2D eigenvalue weighted by Gasteiger charge is -2.44. The van der Waals surface area contributed by atoms with Crippen molar-refractivity contribution in [3.63, 3.8) is 0 Å². The average Bonchev–Trinajstić information content (AvgIpc) is 3.25. The Morgan fingerprint density at radius 3 is 2.38 bits per heavy atom. The number of fused-ring (bicyclic) bond motifs is 2. The van der Waals surface area contributed by atoms with Gasteiger partial charge in [0.05, 0.1) is 28.1 Å². The summed E-state index contributed by atoms with van der Waals surface area (Å²) in [6, 6.07) is 7.30. The van der Waals surface area contributed by atoms with Crippen molar-refractivity contribution < 1.29 is 32.3 Å². The fourth-order valence-corrected chi connectivity index (χ4v) is 5.45. The maximum atomic E-state index is 14.1. The highest BCUT2D eigenvalue weighted by Gasteiger charge is 2.51. The van der Waals surface area contributed by atoms with Gasteiger partial charge in [-0.1, -0.05) is 26.3 Å². The molecule has 0 saturated carbocycles. The number of hydrogen-bond acceptors (Lipinski definition) is 4. The Bertz CT molecular complexity index is 1500. The molecule has 39 heavy (non-hydrogen) atoms. The number of ketones is 1. The largest absolute Gasteiger partial charge is 0.465 e. The first-order valence-electron chi connectivity index (χ1n) is 12.4. The van der Waals surface area contributed by atoms with Crippen LogP contribution < -0.4 is 0 Å². The highest BCUT2D eigenvalue weighted by atomic mass is 19.4. The number of benzene rings is 1. The van der Waals surface area contributed by atoms with E-state index in [1.807, 2.05) is 20.8 Å². The van der Waals surface area contributed by atoms with Gasteiger partial charge in [-0.25, -0.2) is 13.9 Å². The normalized spacial score (nSPS) is 19.3. The number of halogens is 4. The fraction of sp³-hybridized carbons (Fsp3) is 0.357. The van der Waals surface area contributed by atoms with E-state index in [2.05, 4.69) is 4.98 Å². The van der Waals surface area contributed by atoms with Gasteiger partial charge in [-0.05, 0) is 55.3 Å². The zero-order valence-electron chi connectivity index (χ0n) is 21.5. The number of carbonyl (C=O) groups is 2. The molecule has 7 nitrogen and oxygen atoms in total. The lowest BCUT2D eigenvalue weighted by Crippen LogP contribution is -2.53. The second-order valence-electron chi connectivity index (χ2n) is 11.0. The summed E-state index contributed by atoms with van der Waals surface area (Å²) in [6.45, 7) is 5.72. The molecule has 3 aromatic rings. The Morgan fingerprint density at radius 1 is 1.08 bits per heavy atom. The number of rotatable bonds is 3.